The van der Waals surface area contributed by atoms with Crippen molar-refractivity contribution < 1.29 is 19.0 Å². The van der Waals surface area contributed by atoms with Gasteiger partial charge >= 0.3 is 0 Å². The van der Waals surface area contributed by atoms with Gasteiger partial charge in [0.25, 0.3) is 5.91 Å². The highest BCUT2D eigenvalue weighted by molar-refractivity contribution is 7.22. The standard InChI is InChI=1S/C18H16N2O4S/c1-2-22-12-5-3-11(4-6-12)17(21)20-18-19-13-9-14-15(10-16(13)25-18)24-8-7-23-14/h3-6,9-10H,2,7-8H2,1H3,(H,19,20,21). The van der Waals surface area contributed by atoms with Gasteiger partial charge in [-0.1, -0.05) is 11.3 Å². The Kier molecular flexibility index (Phi) is 4.15. The van der Waals surface area contributed by atoms with Crippen molar-refractivity contribution in [3.8, 4) is 17.2 Å². The smallest absolute Gasteiger partial charge is 0.257 e. The van der Waals surface area contributed by atoms with Gasteiger partial charge in [-0.3, -0.25) is 10.1 Å². The van der Waals surface area contributed by atoms with E-state index in [0.29, 0.717) is 42.0 Å². The van der Waals surface area contributed by atoms with E-state index < -0.39 is 0 Å². The fourth-order valence-electron chi connectivity index (χ4n) is 2.56. The number of carbonyl (C=O) groups excluding carboxylic acids is 1. The number of carbonyl (C=O) groups is 1. The van der Waals surface area contributed by atoms with Gasteiger partial charge < -0.3 is 14.2 Å². The molecule has 6 nitrogen and oxygen atoms in total. The molecule has 1 aliphatic heterocycles. The third-order valence-electron chi connectivity index (χ3n) is 3.70. The number of rotatable bonds is 4. The zero-order valence-electron chi connectivity index (χ0n) is 13.6. The van der Waals surface area contributed by atoms with Crippen molar-refractivity contribution in [3.63, 3.8) is 0 Å². The van der Waals surface area contributed by atoms with Gasteiger partial charge in [-0.2, -0.15) is 0 Å². The van der Waals surface area contributed by atoms with Crippen LogP contribution < -0.4 is 19.5 Å². The minimum atomic E-state index is -0.209. The SMILES string of the molecule is CCOc1ccc(C(=O)Nc2nc3cc4c(cc3s2)OCCO4)cc1. The van der Waals surface area contributed by atoms with Crippen molar-refractivity contribution in [3.05, 3.63) is 42.0 Å². The molecule has 0 radical (unpaired) electrons. The first-order chi connectivity index (χ1) is 12.2. The molecule has 0 bridgehead atoms. The maximum absolute atomic E-state index is 12.4. The fraction of sp³-hybridized carbons (Fsp3) is 0.222. The molecule has 0 unspecified atom stereocenters. The average molecular weight is 356 g/mol. The quantitative estimate of drug-likeness (QED) is 0.771. The van der Waals surface area contributed by atoms with Crippen LogP contribution in [0.4, 0.5) is 5.13 Å². The van der Waals surface area contributed by atoms with Crippen LogP contribution in [0.1, 0.15) is 17.3 Å². The second kappa shape index (κ2) is 6.60. The van der Waals surface area contributed by atoms with Crippen LogP contribution in [-0.2, 0) is 0 Å². The van der Waals surface area contributed by atoms with E-state index in [2.05, 4.69) is 10.3 Å². The number of thiazole rings is 1. The van der Waals surface area contributed by atoms with E-state index in [9.17, 15) is 4.79 Å². The van der Waals surface area contributed by atoms with Crippen LogP contribution in [-0.4, -0.2) is 30.7 Å². The molecule has 2 heterocycles. The predicted octanol–water partition coefficient (Wildman–Crippen LogP) is 3.72. The fourth-order valence-corrected chi connectivity index (χ4v) is 3.43. The monoisotopic (exact) mass is 356 g/mol. The van der Waals surface area contributed by atoms with Crippen molar-refractivity contribution in [2.75, 3.05) is 25.1 Å². The lowest BCUT2D eigenvalue weighted by Gasteiger charge is -2.17. The van der Waals surface area contributed by atoms with E-state index in [1.54, 1.807) is 24.3 Å². The predicted molar refractivity (Wildman–Crippen MR) is 96.2 cm³/mol. The van der Waals surface area contributed by atoms with Crippen LogP contribution in [0, 0.1) is 0 Å². The molecule has 4 rings (SSSR count). The van der Waals surface area contributed by atoms with E-state index in [1.165, 1.54) is 11.3 Å². The number of aromatic nitrogens is 1. The van der Waals surface area contributed by atoms with E-state index in [1.807, 2.05) is 19.1 Å². The van der Waals surface area contributed by atoms with Gasteiger partial charge in [0.15, 0.2) is 16.6 Å². The number of nitrogens with one attached hydrogen (secondary N) is 1. The molecule has 128 valence electrons. The van der Waals surface area contributed by atoms with Gasteiger partial charge in [-0.25, -0.2) is 4.98 Å². The van der Waals surface area contributed by atoms with E-state index >= 15 is 0 Å². The van der Waals surface area contributed by atoms with E-state index in [0.717, 1.165) is 16.0 Å². The van der Waals surface area contributed by atoms with E-state index in [4.69, 9.17) is 14.2 Å². The number of anilines is 1. The van der Waals surface area contributed by atoms with Gasteiger partial charge in [0.1, 0.15) is 19.0 Å². The molecular formula is C18H16N2O4S. The van der Waals surface area contributed by atoms with Crippen LogP contribution >= 0.6 is 11.3 Å². The maximum Gasteiger partial charge on any atom is 0.257 e. The van der Waals surface area contributed by atoms with Crippen molar-refractivity contribution in [2.45, 2.75) is 6.92 Å². The zero-order valence-corrected chi connectivity index (χ0v) is 14.4. The largest absolute Gasteiger partial charge is 0.494 e. The number of hydrogen-bond donors (Lipinski definition) is 1. The highest BCUT2D eigenvalue weighted by atomic mass is 32.1. The average Bonchev–Trinajstić information content (AvgIpc) is 3.01. The Balaban J connectivity index is 1.54. The van der Waals surface area contributed by atoms with Crippen LogP contribution in [0.25, 0.3) is 10.2 Å². The molecule has 25 heavy (non-hydrogen) atoms. The summed E-state index contributed by atoms with van der Waals surface area (Å²) in [6.45, 7) is 3.58. The zero-order chi connectivity index (χ0) is 17.2. The Morgan fingerprint density at radius 2 is 1.92 bits per heavy atom. The van der Waals surface area contributed by atoms with Crippen LogP contribution in [0.2, 0.25) is 0 Å². The molecular weight excluding hydrogens is 340 g/mol. The summed E-state index contributed by atoms with van der Waals surface area (Å²) < 4.78 is 17.5. The van der Waals surface area contributed by atoms with Gasteiger partial charge in [0.05, 0.1) is 16.8 Å². The number of nitrogens with zero attached hydrogens (tertiary/aromatic N) is 1. The highest BCUT2D eigenvalue weighted by Gasteiger charge is 2.16. The molecule has 1 aliphatic rings. The molecule has 0 saturated heterocycles. The third-order valence-corrected chi connectivity index (χ3v) is 4.63. The van der Waals surface area contributed by atoms with Crippen molar-refractivity contribution >= 4 is 32.6 Å². The summed E-state index contributed by atoms with van der Waals surface area (Å²) in [5, 5.41) is 3.37. The number of fused-ring (bicyclic) bond motifs is 2. The van der Waals surface area contributed by atoms with Gasteiger partial charge in [-0.05, 0) is 31.2 Å². The summed E-state index contributed by atoms with van der Waals surface area (Å²) in [4.78, 5) is 16.8. The van der Waals surface area contributed by atoms with Gasteiger partial charge in [0.2, 0.25) is 0 Å². The first kappa shape index (κ1) is 15.7. The number of amides is 1. The Labute approximate surface area is 148 Å². The minimum Gasteiger partial charge on any atom is -0.494 e. The topological polar surface area (TPSA) is 69.7 Å². The maximum atomic E-state index is 12.4. The molecule has 7 heteroatoms. The molecule has 0 aliphatic carbocycles. The van der Waals surface area contributed by atoms with Crippen molar-refractivity contribution in [2.24, 2.45) is 0 Å². The number of ether oxygens (including phenoxy) is 3. The molecule has 1 aromatic heterocycles. The summed E-state index contributed by atoms with van der Waals surface area (Å²) >= 11 is 1.40. The Morgan fingerprint density at radius 3 is 2.64 bits per heavy atom. The molecule has 1 N–H and O–H groups in total. The first-order valence-corrected chi connectivity index (χ1v) is 8.79. The molecule has 3 aromatic rings. The van der Waals surface area contributed by atoms with Crippen LogP contribution in [0.5, 0.6) is 17.2 Å². The molecule has 0 atom stereocenters. The van der Waals surface area contributed by atoms with Gasteiger partial charge in [0, 0.05) is 17.7 Å². The Bertz CT molecular complexity index is 878. The molecule has 0 spiro atoms. The first-order valence-electron chi connectivity index (χ1n) is 7.97. The number of benzene rings is 2. The summed E-state index contributed by atoms with van der Waals surface area (Å²) in [5.74, 6) is 1.93. The summed E-state index contributed by atoms with van der Waals surface area (Å²) in [6.07, 6.45) is 0. The Hall–Kier alpha value is -2.80. The normalized spacial score (nSPS) is 12.8. The summed E-state index contributed by atoms with van der Waals surface area (Å²) in [5.41, 5.74) is 1.32. The molecule has 2 aromatic carbocycles. The summed E-state index contributed by atoms with van der Waals surface area (Å²) in [7, 11) is 0. The van der Waals surface area contributed by atoms with Crippen LogP contribution in [0.3, 0.4) is 0 Å². The summed E-state index contributed by atoms with van der Waals surface area (Å²) in [6, 6.07) is 10.8. The highest BCUT2D eigenvalue weighted by Crippen LogP contribution is 2.37. The third kappa shape index (κ3) is 3.23. The van der Waals surface area contributed by atoms with Crippen molar-refractivity contribution in [1.82, 2.24) is 4.98 Å². The Morgan fingerprint density at radius 1 is 1.20 bits per heavy atom. The molecule has 0 fully saturated rings. The lowest BCUT2D eigenvalue weighted by Crippen LogP contribution is -2.15. The lowest BCUT2D eigenvalue weighted by molar-refractivity contribution is 0.102. The van der Waals surface area contributed by atoms with E-state index in [-0.39, 0.29) is 5.91 Å². The lowest BCUT2D eigenvalue weighted by atomic mass is 10.2. The molecule has 0 saturated carbocycles. The second-order valence-corrected chi connectivity index (χ2v) is 6.42. The second-order valence-electron chi connectivity index (χ2n) is 5.39. The van der Waals surface area contributed by atoms with Gasteiger partial charge in [-0.15, -0.1) is 0 Å². The van der Waals surface area contributed by atoms with Crippen molar-refractivity contribution in [1.29, 1.82) is 0 Å². The number of hydrogen-bond acceptors (Lipinski definition) is 6. The molecule has 1 amide bonds. The van der Waals surface area contributed by atoms with Crippen LogP contribution in [0.15, 0.2) is 36.4 Å². The minimum absolute atomic E-state index is 0.209.